The Bertz CT molecular complexity index is 1030. The van der Waals surface area contributed by atoms with Gasteiger partial charge >= 0.3 is 0 Å². The molecular weight excluding hydrogens is 378 g/mol. The van der Waals surface area contributed by atoms with Crippen LogP contribution in [0.25, 0.3) is 5.69 Å². The largest absolute Gasteiger partial charge is 0.380 e. The number of methoxy groups -OCH3 is 1. The van der Waals surface area contributed by atoms with Crippen LogP contribution in [0.4, 0.5) is 5.69 Å². The summed E-state index contributed by atoms with van der Waals surface area (Å²) < 4.78 is 13.2. The Kier molecular flexibility index (Phi) is 5.97. The van der Waals surface area contributed by atoms with E-state index in [0.717, 1.165) is 33.9 Å². The average molecular weight is 405 g/mol. The molecule has 6 heteroatoms. The zero-order valence-electron chi connectivity index (χ0n) is 17.6. The van der Waals surface area contributed by atoms with Crippen molar-refractivity contribution in [2.24, 2.45) is 5.92 Å². The quantitative estimate of drug-likeness (QED) is 0.662. The minimum atomic E-state index is -0.301. The molecule has 3 aromatic rings. The zero-order valence-corrected chi connectivity index (χ0v) is 17.6. The number of anilines is 1. The SMILES string of the molecule is COCc1cccc(NC(=O)[C@H]2CCO[C@@H]2c2c(C)nn(-c3ccccc3)c2C)c1. The van der Waals surface area contributed by atoms with Gasteiger partial charge in [0.1, 0.15) is 0 Å². The molecule has 1 amide bonds. The monoisotopic (exact) mass is 405 g/mol. The molecule has 1 fully saturated rings. The van der Waals surface area contributed by atoms with Gasteiger partial charge in [0.15, 0.2) is 0 Å². The zero-order chi connectivity index (χ0) is 21.1. The van der Waals surface area contributed by atoms with Crippen LogP contribution in [0.5, 0.6) is 0 Å². The first-order chi connectivity index (χ1) is 14.6. The van der Waals surface area contributed by atoms with Crippen molar-refractivity contribution in [1.29, 1.82) is 0 Å². The first kappa shape index (κ1) is 20.3. The average Bonchev–Trinajstić information content (AvgIpc) is 3.33. The van der Waals surface area contributed by atoms with Crippen LogP contribution < -0.4 is 5.32 Å². The maximum Gasteiger partial charge on any atom is 0.230 e. The second-order valence-electron chi connectivity index (χ2n) is 7.64. The molecule has 2 heterocycles. The van der Waals surface area contributed by atoms with E-state index in [1.54, 1.807) is 7.11 Å². The predicted molar refractivity (Wildman–Crippen MR) is 116 cm³/mol. The lowest BCUT2D eigenvalue weighted by molar-refractivity contribution is -0.121. The molecule has 1 N–H and O–H groups in total. The Morgan fingerprint density at radius 3 is 2.77 bits per heavy atom. The maximum absolute atomic E-state index is 13.1. The molecule has 1 aliphatic rings. The summed E-state index contributed by atoms with van der Waals surface area (Å²) >= 11 is 0. The van der Waals surface area contributed by atoms with E-state index in [1.807, 2.05) is 73.1 Å². The highest BCUT2D eigenvalue weighted by atomic mass is 16.5. The van der Waals surface area contributed by atoms with E-state index in [-0.39, 0.29) is 17.9 Å². The number of aromatic nitrogens is 2. The third-order valence-corrected chi connectivity index (χ3v) is 5.57. The molecular formula is C24H27N3O3. The lowest BCUT2D eigenvalue weighted by Crippen LogP contribution is -2.26. The highest BCUT2D eigenvalue weighted by Crippen LogP contribution is 2.39. The molecule has 0 aliphatic carbocycles. The molecule has 0 radical (unpaired) electrons. The van der Waals surface area contributed by atoms with Crippen LogP contribution >= 0.6 is 0 Å². The van der Waals surface area contributed by atoms with Gasteiger partial charge in [0.2, 0.25) is 5.91 Å². The van der Waals surface area contributed by atoms with Crippen LogP contribution in [0.1, 0.15) is 35.0 Å². The van der Waals surface area contributed by atoms with Gasteiger partial charge in [-0.15, -0.1) is 0 Å². The van der Waals surface area contributed by atoms with Gasteiger partial charge in [-0.1, -0.05) is 30.3 Å². The van der Waals surface area contributed by atoms with E-state index in [9.17, 15) is 4.79 Å². The topological polar surface area (TPSA) is 65.4 Å². The number of benzene rings is 2. The second kappa shape index (κ2) is 8.81. The molecule has 156 valence electrons. The summed E-state index contributed by atoms with van der Waals surface area (Å²) in [5.74, 6) is -0.291. The number of ether oxygens (including phenoxy) is 2. The third-order valence-electron chi connectivity index (χ3n) is 5.57. The molecule has 0 saturated carbocycles. The number of amides is 1. The third kappa shape index (κ3) is 4.01. The number of hydrogen-bond acceptors (Lipinski definition) is 4. The summed E-state index contributed by atoms with van der Waals surface area (Å²) in [6, 6.07) is 17.7. The Labute approximate surface area is 176 Å². The van der Waals surface area contributed by atoms with Crippen molar-refractivity contribution in [3.63, 3.8) is 0 Å². The normalized spacial score (nSPS) is 18.5. The summed E-state index contributed by atoms with van der Waals surface area (Å²) in [6.07, 6.45) is 0.383. The fraction of sp³-hybridized carbons (Fsp3) is 0.333. The molecule has 0 spiro atoms. The van der Waals surface area contributed by atoms with E-state index in [0.29, 0.717) is 19.6 Å². The van der Waals surface area contributed by atoms with Gasteiger partial charge in [0, 0.05) is 30.7 Å². The van der Waals surface area contributed by atoms with Gasteiger partial charge in [0.05, 0.1) is 30.0 Å². The van der Waals surface area contributed by atoms with Crippen molar-refractivity contribution in [2.45, 2.75) is 33.0 Å². The Hall–Kier alpha value is -2.96. The first-order valence-electron chi connectivity index (χ1n) is 10.2. The summed E-state index contributed by atoms with van der Waals surface area (Å²) in [6.45, 7) is 5.08. The van der Waals surface area contributed by atoms with Crippen LogP contribution in [0, 0.1) is 19.8 Å². The molecule has 4 rings (SSSR count). The maximum atomic E-state index is 13.1. The van der Waals surface area contributed by atoms with Crippen LogP contribution in [0.15, 0.2) is 54.6 Å². The second-order valence-corrected chi connectivity index (χ2v) is 7.64. The van der Waals surface area contributed by atoms with Gasteiger partial charge in [0.25, 0.3) is 0 Å². The van der Waals surface area contributed by atoms with Gasteiger partial charge in [-0.25, -0.2) is 4.68 Å². The van der Waals surface area contributed by atoms with Crippen molar-refractivity contribution in [1.82, 2.24) is 9.78 Å². The van der Waals surface area contributed by atoms with Crippen LogP contribution in [0.3, 0.4) is 0 Å². The molecule has 1 aromatic heterocycles. The molecule has 6 nitrogen and oxygen atoms in total. The Balaban J connectivity index is 1.58. The predicted octanol–water partition coefficient (Wildman–Crippen LogP) is 4.35. The summed E-state index contributed by atoms with van der Waals surface area (Å²) in [5.41, 5.74) is 5.69. The molecule has 0 bridgehead atoms. The van der Waals surface area contributed by atoms with Crippen molar-refractivity contribution in [2.75, 3.05) is 19.0 Å². The number of carbonyl (C=O) groups excluding carboxylic acids is 1. The van der Waals surface area contributed by atoms with E-state index in [1.165, 1.54) is 0 Å². The number of hydrogen-bond donors (Lipinski definition) is 1. The fourth-order valence-electron chi connectivity index (χ4n) is 4.17. The highest BCUT2D eigenvalue weighted by molar-refractivity contribution is 5.93. The molecule has 2 aromatic carbocycles. The summed E-state index contributed by atoms with van der Waals surface area (Å²) in [5, 5.41) is 7.78. The number of rotatable bonds is 6. The molecule has 1 saturated heterocycles. The van der Waals surface area contributed by atoms with Gasteiger partial charge in [-0.05, 0) is 50.1 Å². The van der Waals surface area contributed by atoms with Gasteiger partial charge in [-0.2, -0.15) is 5.10 Å². The number of para-hydroxylation sites is 1. The number of aryl methyl sites for hydroxylation is 1. The van der Waals surface area contributed by atoms with E-state index in [4.69, 9.17) is 14.6 Å². The van der Waals surface area contributed by atoms with Crippen molar-refractivity contribution < 1.29 is 14.3 Å². The fourth-order valence-corrected chi connectivity index (χ4v) is 4.17. The smallest absolute Gasteiger partial charge is 0.230 e. The minimum absolute atomic E-state index is 0.0293. The first-order valence-corrected chi connectivity index (χ1v) is 10.2. The van der Waals surface area contributed by atoms with Crippen molar-refractivity contribution >= 4 is 11.6 Å². The molecule has 2 atom stereocenters. The minimum Gasteiger partial charge on any atom is -0.380 e. The highest BCUT2D eigenvalue weighted by Gasteiger charge is 2.38. The number of carbonyl (C=O) groups is 1. The number of nitrogens with one attached hydrogen (secondary N) is 1. The van der Waals surface area contributed by atoms with E-state index >= 15 is 0 Å². The standard InChI is InChI=1S/C24H27N3O3/c1-16-22(17(2)27(26-16)20-10-5-4-6-11-20)23-21(12-13-30-23)24(28)25-19-9-7-8-18(14-19)15-29-3/h4-11,14,21,23H,12-13,15H2,1-3H3,(H,25,28)/t21-,23-/m0/s1. The Morgan fingerprint density at radius 1 is 1.20 bits per heavy atom. The van der Waals surface area contributed by atoms with Gasteiger partial charge in [-0.3, -0.25) is 4.79 Å². The Morgan fingerprint density at radius 2 is 2.00 bits per heavy atom. The van der Waals surface area contributed by atoms with Crippen LogP contribution in [0.2, 0.25) is 0 Å². The van der Waals surface area contributed by atoms with Crippen LogP contribution in [-0.2, 0) is 20.9 Å². The lowest BCUT2D eigenvalue weighted by atomic mass is 9.93. The summed E-state index contributed by atoms with van der Waals surface area (Å²) in [4.78, 5) is 13.1. The van der Waals surface area contributed by atoms with E-state index in [2.05, 4.69) is 5.32 Å². The van der Waals surface area contributed by atoms with E-state index < -0.39 is 0 Å². The molecule has 30 heavy (non-hydrogen) atoms. The van der Waals surface area contributed by atoms with Crippen molar-refractivity contribution in [3.05, 3.63) is 77.1 Å². The van der Waals surface area contributed by atoms with Gasteiger partial charge < -0.3 is 14.8 Å². The summed E-state index contributed by atoms with van der Waals surface area (Å²) in [7, 11) is 1.66. The molecule has 1 aliphatic heterocycles. The van der Waals surface area contributed by atoms with Crippen molar-refractivity contribution in [3.8, 4) is 5.69 Å². The molecule has 0 unspecified atom stereocenters. The lowest BCUT2D eigenvalue weighted by Gasteiger charge is -2.19. The number of nitrogens with zero attached hydrogens (tertiary/aromatic N) is 2. The van der Waals surface area contributed by atoms with Crippen LogP contribution in [-0.4, -0.2) is 29.4 Å².